The van der Waals surface area contributed by atoms with E-state index >= 15 is 0 Å². The van der Waals surface area contributed by atoms with Crippen molar-refractivity contribution in [1.82, 2.24) is 9.80 Å². The van der Waals surface area contributed by atoms with Gasteiger partial charge in [0.15, 0.2) is 23.4 Å². The molecule has 36 heavy (non-hydrogen) atoms. The molecule has 1 fully saturated rings. The van der Waals surface area contributed by atoms with Crippen LogP contribution in [0.3, 0.4) is 0 Å². The van der Waals surface area contributed by atoms with Crippen molar-refractivity contribution in [2.24, 2.45) is 11.5 Å². The molecule has 2 unspecified atom stereocenters. The second-order valence-corrected chi connectivity index (χ2v) is 8.91. The molecule has 192 valence electrons. The van der Waals surface area contributed by atoms with E-state index in [1.165, 1.54) is 7.11 Å². The Labute approximate surface area is 209 Å². The van der Waals surface area contributed by atoms with Gasteiger partial charge in [-0.05, 0) is 48.2 Å². The van der Waals surface area contributed by atoms with Crippen molar-refractivity contribution in [1.29, 1.82) is 10.8 Å². The number of likely N-dealkylation sites (tertiary alicyclic amines) is 1. The van der Waals surface area contributed by atoms with E-state index in [0.29, 0.717) is 61.8 Å². The number of hydrogen-bond donors (Lipinski definition) is 5. The first-order valence-electron chi connectivity index (χ1n) is 11.8. The molecule has 0 spiro atoms. The summed E-state index contributed by atoms with van der Waals surface area (Å²) in [6.45, 7) is 2.44. The first-order chi connectivity index (χ1) is 17.2. The molecular weight excluding hydrogens is 464 g/mol. The minimum absolute atomic E-state index is 0.0299. The van der Waals surface area contributed by atoms with Gasteiger partial charge in [0.05, 0.1) is 13.7 Å². The smallest absolute Gasteiger partial charge is 0.349 e. The van der Waals surface area contributed by atoms with Gasteiger partial charge in [0.2, 0.25) is 6.10 Å². The lowest BCUT2D eigenvalue weighted by Crippen LogP contribution is -2.38. The predicted molar refractivity (Wildman–Crippen MR) is 134 cm³/mol. The van der Waals surface area contributed by atoms with Crippen LogP contribution < -0.4 is 25.7 Å². The van der Waals surface area contributed by atoms with Crippen LogP contribution >= 0.6 is 0 Å². The van der Waals surface area contributed by atoms with E-state index in [-0.39, 0.29) is 18.0 Å². The zero-order valence-electron chi connectivity index (χ0n) is 20.2. The number of carbonyl (C=O) groups is 1. The second-order valence-electron chi connectivity index (χ2n) is 8.91. The maximum Gasteiger partial charge on any atom is 0.349 e. The number of rotatable bonds is 7. The number of hydrogen-bond acceptors (Lipinski definition) is 6. The van der Waals surface area contributed by atoms with Crippen molar-refractivity contribution in [2.45, 2.75) is 31.5 Å². The summed E-state index contributed by atoms with van der Waals surface area (Å²) in [5.41, 5.74) is 13.7. The van der Waals surface area contributed by atoms with Gasteiger partial charge in [-0.3, -0.25) is 10.8 Å². The molecule has 2 aliphatic rings. The SMILES string of the molecule is COc1cc2c(cc1OC(C(=O)O)c1ccc(OC3CCN(C(=N)N)C3)cc1)CCN(C(=N)N)CC2. The molecule has 11 heteroatoms. The highest BCUT2D eigenvalue weighted by Crippen LogP contribution is 2.36. The van der Waals surface area contributed by atoms with Gasteiger partial charge in [-0.25, -0.2) is 4.79 Å². The lowest BCUT2D eigenvalue weighted by molar-refractivity contribution is -0.145. The fraction of sp³-hybridized carbons (Fsp3) is 0.400. The summed E-state index contributed by atoms with van der Waals surface area (Å²) in [4.78, 5) is 15.7. The maximum atomic E-state index is 12.2. The Morgan fingerprint density at radius 2 is 1.61 bits per heavy atom. The highest BCUT2D eigenvalue weighted by molar-refractivity contribution is 5.76. The van der Waals surface area contributed by atoms with Crippen LogP contribution in [0.5, 0.6) is 17.2 Å². The maximum absolute atomic E-state index is 12.2. The lowest BCUT2D eigenvalue weighted by Gasteiger charge is -2.20. The molecule has 2 aliphatic heterocycles. The molecule has 4 rings (SSSR count). The summed E-state index contributed by atoms with van der Waals surface area (Å²) >= 11 is 0. The Morgan fingerprint density at radius 3 is 2.14 bits per heavy atom. The van der Waals surface area contributed by atoms with Crippen LogP contribution in [0.1, 0.15) is 29.2 Å². The molecule has 2 aromatic rings. The van der Waals surface area contributed by atoms with Crippen LogP contribution in [0.15, 0.2) is 36.4 Å². The highest BCUT2D eigenvalue weighted by Gasteiger charge is 2.27. The van der Waals surface area contributed by atoms with Crippen molar-refractivity contribution < 1.29 is 24.1 Å². The van der Waals surface area contributed by atoms with Crippen LogP contribution in [-0.4, -0.2) is 72.2 Å². The summed E-state index contributed by atoms with van der Waals surface area (Å²) in [7, 11) is 1.52. The van der Waals surface area contributed by atoms with E-state index in [0.717, 1.165) is 17.5 Å². The van der Waals surface area contributed by atoms with E-state index in [2.05, 4.69) is 0 Å². The van der Waals surface area contributed by atoms with Gasteiger partial charge >= 0.3 is 5.97 Å². The van der Waals surface area contributed by atoms with E-state index in [1.807, 2.05) is 12.1 Å². The molecule has 0 aliphatic carbocycles. The number of methoxy groups -OCH3 is 1. The molecule has 7 N–H and O–H groups in total. The third kappa shape index (κ3) is 5.56. The number of carboxylic acids is 1. The number of carboxylic acid groups (broad SMARTS) is 1. The first-order valence-corrected chi connectivity index (χ1v) is 11.8. The molecule has 0 aromatic heterocycles. The van der Waals surface area contributed by atoms with Gasteiger partial charge in [0.25, 0.3) is 0 Å². The highest BCUT2D eigenvalue weighted by atomic mass is 16.5. The Bertz CT molecular complexity index is 1140. The normalized spacial score (nSPS) is 18.1. The molecule has 2 aromatic carbocycles. The van der Waals surface area contributed by atoms with Crippen molar-refractivity contribution in [3.8, 4) is 17.2 Å². The number of nitrogens with two attached hydrogens (primary N) is 2. The van der Waals surface area contributed by atoms with E-state index in [9.17, 15) is 9.90 Å². The fourth-order valence-corrected chi connectivity index (χ4v) is 4.57. The van der Waals surface area contributed by atoms with Crippen LogP contribution in [0.2, 0.25) is 0 Å². The number of aliphatic carboxylic acids is 1. The Balaban J connectivity index is 1.50. The molecule has 1 saturated heterocycles. The van der Waals surface area contributed by atoms with Crippen molar-refractivity contribution in [3.63, 3.8) is 0 Å². The minimum atomic E-state index is -1.25. The third-order valence-electron chi connectivity index (χ3n) is 6.57. The molecule has 0 bridgehead atoms. The van der Waals surface area contributed by atoms with E-state index < -0.39 is 12.1 Å². The van der Waals surface area contributed by atoms with Crippen LogP contribution in [0.25, 0.3) is 0 Å². The van der Waals surface area contributed by atoms with Gasteiger partial charge in [0, 0.05) is 31.6 Å². The fourth-order valence-electron chi connectivity index (χ4n) is 4.57. The monoisotopic (exact) mass is 496 g/mol. The molecule has 0 amide bonds. The second kappa shape index (κ2) is 10.6. The molecule has 11 nitrogen and oxygen atoms in total. The van der Waals surface area contributed by atoms with Crippen molar-refractivity contribution in [2.75, 3.05) is 33.3 Å². The Kier molecular flexibility index (Phi) is 7.37. The van der Waals surface area contributed by atoms with Gasteiger partial charge in [-0.2, -0.15) is 0 Å². The predicted octanol–water partition coefficient (Wildman–Crippen LogP) is 1.54. The average Bonchev–Trinajstić information content (AvgIpc) is 3.22. The molecule has 2 heterocycles. The summed E-state index contributed by atoms with van der Waals surface area (Å²) < 4.78 is 17.5. The summed E-state index contributed by atoms with van der Waals surface area (Å²) in [5.74, 6) is 0.339. The van der Waals surface area contributed by atoms with Gasteiger partial charge in [-0.1, -0.05) is 12.1 Å². The zero-order chi connectivity index (χ0) is 25.8. The standard InChI is InChI=1S/C25H32N6O5/c1-34-20-12-16-6-9-30(24(26)27)10-7-17(16)13-21(20)36-22(23(32)33)15-2-4-18(5-3-15)35-19-8-11-31(14-19)25(28)29/h2-5,12-13,19,22H,6-11,14H2,1H3,(H3,26,27)(H3,28,29)(H,32,33). The largest absolute Gasteiger partial charge is 0.493 e. The van der Waals surface area contributed by atoms with E-state index in [1.54, 1.807) is 34.1 Å². The van der Waals surface area contributed by atoms with E-state index in [4.69, 9.17) is 36.5 Å². The number of fused-ring (bicyclic) bond motifs is 1. The summed E-state index contributed by atoms with van der Waals surface area (Å²) in [6, 6.07) is 10.5. The summed E-state index contributed by atoms with van der Waals surface area (Å²) in [5, 5.41) is 25.2. The lowest BCUT2D eigenvalue weighted by atomic mass is 10.0. The minimum Gasteiger partial charge on any atom is -0.493 e. The van der Waals surface area contributed by atoms with Crippen LogP contribution in [0, 0.1) is 10.8 Å². The first kappa shape index (κ1) is 25.0. The number of nitrogens with one attached hydrogen (secondary N) is 2. The zero-order valence-corrected chi connectivity index (χ0v) is 20.2. The summed E-state index contributed by atoms with van der Waals surface area (Å²) in [6.07, 6.45) is 0.769. The van der Waals surface area contributed by atoms with Gasteiger partial charge in [0.1, 0.15) is 11.9 Å². The average molecular weight is 497 g/mol. The Morgan fingerprint density at radius 1 is 1.00 bits per heavy atom. The van der Waals surface area contributed by atoms with Crippen molar-refractivity contribution >= 4 is 17.9 Å². The Hall–Kier alpha value is -4.15. The quantitative estimate of drug-likeness (QED) is 0.282. The number of ether oxygens (including phenoxy) is 3. The number of guanidine groups is 2. The van der Waals surface area contributed by atoms with Crippen LogP contribution in [-0.2, 0) is 17.6 Å². The number of nitrogens with zero attached hydrogens (tertiary/aromatic N) is 2. The number of benzene rings is 2. The molecular formula is C25H32N6O5. The topological polar surface area (TPSA) is 171 Å². The van der Waals surface area contributed by atoms with Gasteiger partial charge < -0.3 is 40.6 Å². The molecule has 0 radical (unpaired) electrons. The third-order valence-corrected chi connectivity index (χ3v) is 6.57. The van der Waals surface area contributed by atoms with Gasteiger partial charge in [-0.15, -0.1) is 0 Å². The van der Waals surface area contributed by atoms with Crippen molar-refractivity contribution in [3.05, 3.63) is 53.1 Å². The molecule has 2 atom stereocenters. The molecule has 0 saturated carbocycles. The van der Waals surface area contributed by atoms with Crippen LogP contribution in [0.4, 0.5) is 0 Å².